The highest BCUT2D eigenvalue weighted by Crippen LogP contribution is 2.29. The first-order valence-corrected chi connectivity index (χ1v) is 10.7. The van der Waals surface area contributed by atoms with Crippen molar-refractivity contribution in [2.24, 2.45) is 0 Å². The van der Waals surface area contributed by atoms with Crippen molar-refractivity contribution in [3.63, 3.8) is 0 Å². The zero-order valence-electron chi connectivity index (χ0n) is 15.5. The molecule has 0 aromatic carbocycles. The number of aryl methyl sites for hydroxylation is 2. The third-order valence-corrected chi connectivity index (χ3v) is 6.17. The molecule has 0 radical (unpaired) electrons. The molecule has 4 heterocycles. The van der Waals surface area contributed by atoms with E-state index in [1.165, 1.54) is 0 Å². The highest BCUT2D eigenvalue weighted by molar-refractivity contribution is 7.19. The lowest BCUT2D eigenvalue weighted by atomic mass is 10.1. The largest absolute Gasteiger partial charge is 0.346 e. The van der Waals surface area contributed by atoms with E-state index in [-0.39, 0.29) is 11.8 Å². The molecule has 4 aromatic heterocycles. The molecule has 0 spiro atoms. The van der Waals surface area contributed by atoms with Crippen LogP contribution in [0.1, 0.15) is 45.5 Å². The predicted molar refractivity (Wildman–Crippen MR) is 113 cm³/mol. The van der Waals surface area contributed by atoms with Crippen molar-refractivity contribution < 1.29 is 4.79 Å². The normalized spacial score (nSPS) is 12.2. The van der Waals surface area contributed by atoms with Crippen LogP contribution >= 0.6 is 22.7 Å². The zero-order valence-corrected chi connectivity index (χ0v) is 17.2. The molecule has 0 aliphatic heterocycles. The number of hydrogen-bond donors (Lipinski definition) is 1. The van der Waals surface area contributed by atoms with Crippen LogP contribution in [0.4, 0.5) is 5.95 Å². The van der Waals surface area contributed by atoms with Gasteiger partial charge in [0.1, 0.15) is 5.69 Å². The van der Waals surface area contributed by atoms with Gasteiger partial charge in [-0.3, -0.25) is 9.78 Å². The Balaban J connectivity index is 1.62. The van der Waals surface area contributed by atoms with Crippen LogP contribution in [-0.4, -0.2) is 25.7 Å². The fraction of sp³-hybridized carbons (Fsp3) is 0.250. The number of rotatable bonds is 7. The number of aromatic nitrogens is 4. The highest BCUT2D eigenvalue weighted by Gasteiger charge is 2.19. The van der Waals surface area contributed by atoms with Gasteiger partial charge in [0.15, 0.2) is 5.78 Å². The van der Waals surface area contributed by atoms with Crippen molar-refractivity contribution in [3.05, 3.63) is 63.3 Å². The molecule has 1 atom stereocenters. The number of hydrogen-bond acceptors (Lipinski definition) is 8. The number of thiophene rings is 1. The van der Waals surface area contributed by atoms with E-state index in [4.69, 9.17) is 0 Å². The number of thiazole rings is 1. The van der Waals surface area contributed by atoms with E-state index < -0.39 is 0 Å². The second-order valence-electron chi connectivity index (χ2n) is 6.44. The van der Waals surface area contributed by atoms with E-state index in [9.17, 15) is 4.79 Å². The zero-order chi connectivity index (χ0) is 19.5. The number of ketones is 1. The van der Waals surface area contributed by atoms with Gasteiger partial charge >= 0.3 is 0 Å². The molecule has 4 aromatic rings. The topological polar surface area (TPSA) is 80.7 Å². The number of carbonyl (C=O) groups excluding carboxylic acids is 1. The molecular formula is C20H19N5OS2. The quantitative estimate of drug-likeness (QED) is 0.440. The molecule has 0 bridgehead atoms. The fourth-order valence-corrected chi connectivity index (χ4v) is 4.50. The second-order valence-corrected chi connectivity index (χ2v) is 8.67. The Labute approximate surface area is 170 Å². The lowest BCUT2D eigenvalue weighted by Gasteiger charge is -2.14. The maximum Gasteiger partial charge on any atom is 0.224 e. The number of fused-ring (bicyclic) bond motifs is 1. The minimum atomic E-state index is -0.0725. The highest BCUT2D eigenvalue weighted by atomic mass is 32.1. The SMILES string of the molecule is Cc1cc2nc(N[C@@H](C)c3ccccn3)nc(C(=O)CCc3nccs3)c2s1. The number of nitrogens with zero attached hydrogens (tertiary/aromatic N) is 4. The Morgan fingerprint density at radius 2 is 2.11 bits per heavy atom. The van der Waals surface area contributed by atoms with Crippen LogP contribution in [0.2, 0.25) is 0 Å². The maximum atomic E-state index is 12.9. The molecule has 0 saturated heterocycles. The van der Waals surface area contributed by atoms with Gasteiger partial charge in [-0.05, 0) is 32.0 Å². The molecule has 8 heteroatoms. The summed E-state index contributed by atoms with van der Waals surface area (Å²) in [5.41, 5.74) is 2.17. The van der Waals surface area contributed by atoms with Crippen LogP contribution in [-0.2, 0) is 6.42 Å². The summed E-state index contributed by atoms with van der Waals surface area (Å²) in [4.78, 5) is 31.8. The summed E-state index contributed by atoms with van der Waals surface area (Å²) in [5, 5.41) is 6.17. The van der Waals surface area contributed by atoms with E-state index in [0.29, 0.717) is 24.5 Å². The van der Waals surface area contributed by atoms with Gasteiger partial charge in [0.25, 0.3) is 0 Å². The Hall–Kier alpha value is -2.71. The summed E-state index contributed by atoms with van der Waals surface area (Å²) in [6, 6.07) is 7.70. The molecule has 0 fully saturated rings. The Kier molecular flexibility index (Phi) is 5.40. The van der Waals surface area contributed by atoms with Crippen LogP contribution in [0, 0.1) is 6.92 Å². The van der Waals surface area contributed by atoms with Crippen LogP contribution < -0.4 is 5.32 Å². The van der Waals surface area contributed by atoms with Gasteiger partial charge in [-0.15, -0.1) is 22.7 Å². The third-order valence-electron chi connectivity index (χ3n) is 4.29. The maximum absolute atomic E-state index is 12.9. The minimum Gasteiger partial charge on any atom is -0.346 e. The van der Waals surface area contributed by atoms with Gasteiger partial charge in [0.2, 0.25) is 5.95 Å². The molecule has 0 saturated carbocycles. The number of nitrogens with one attached hydrogen (secondary N) is 1. The van der Waals surface area contributed by atoms with Crippen molar-refractivity contribution in [3.8, 4) is 0 Å². The van der Waals surface area contributed by atoms with Gasteiger partial charge in [-0.2, -0.15) is 0 Å². The molecule has 142 valence electrons. The summed E-state index contributed by atoms with van der Waals surface area (Å²) >= 11 is 3.12. The summed E-state index contributed by atoms with van der Waals surface area (Å²) in [6.45, 7) is 4.01. The standard InChI is InChI=1S/C20H19N5OS2/c1-12-11-15-19(28-12)18(16(26)6-7-17-22-9-10-27-17)25-20(24-15)23-13(2)14-5-3-4-8-21-14/h3-5,8-11,13H,6-7H2,1-2H3,(H,23,24,25)/t13-/m0/s1. The molecule has 0 aliphatic rings. The van der Waals surface area contributed by atoms with Gasteiger partial charge in [-0.25, -0.2) is 15.0 Å². The Bertz CT molecular complexity index is 1090. The van der Waals surface area contributed by atoms with Gasteiger partial charge in [0.05, 0.1) is 27.0 Å². The summed E-state index contributed by atoms with van der Waals surface area (Å²) in [6.07, 6.45) is 4.52. The molecule has 0 aliphatic carbocycles. The van der Waals surface area contributed by atoms with Crippen molar-refractivity contribution >= 4 is 44.6 Å². The smallest absolute Gasteiger partial charge is 0.224 e. The summed E-state index contributed by atoms with van der Waals surface area (Å²) < 4.78 is 0.845. The molecule has 0 amide bonds. The summed E-state index contributed by atoms with van der Waals surface area (Å²) in [5.74, 6) is 0.457. The number of pyridine rings is 1. The van der Waals surface area contributed by atoms with E-state index in [2.05, 4.69) is 25.3 Å². The average molecular weight is 410 g/mol. The van der Waals surface area contributed by atoms with E-state index in [1.807, 2.05) is 43.5 Å². The van der Waals surface area contributed by atoms with Crippen LogP contribution in [0.5, 0.6) is 0 Å². The monoisotopic (exact) mass is 409 g/mol. The lowest BCUT2D eigenvalue weighted by Crippen LogP contribution is -2.13. The van der Waals surface area contributed by atoms with Gasteiger partial charge < -0.3 is 5.32 Å². The molecule has 28 heavy (non-hydrogen) atoms. The van der Waals surface area contributed by atoms with Gasteiger partial charge in [-0.1, -0.05) is 6.07 Å². The molecule has 6 nitrogen and oxygen atoms in total. The second kappa shape index (κ2) is 8.12. The number of Topliss-reactive ketones (excluding diaryl/α,β-unsaturated/α-hetero) is 1. The minimum absolute atomic E-state index is 0.0120. The van der Waals surface area contributed by atoms with E-state index >= 15 is 0 Å². The first-order valence-electron chi connectivity index (χ1n) is 8.97. The average Bonchev–Trinajstić information content (AvgIpc) is 3.34. The van der Waals surface area contributed by atoms with Crippen molar-refractivity contribution in [2.45, 2.75) is 32.7 Å². The van der Waals surface area contributed by atoms with Crippen molar-refractivity contribution in [1.29, 1.82) is 0 Å². The molecule has 0 unspecified atom stereocenters. The first kappa shape index (κ1) is 18.6. The molecule has 4 rings (SSSR count). The molecule has 1 N–H and O–H groups in total. The van der Waals surface area contributed by atoms with Crippen molar-refractivity contribution in [2.75, 3.05) is 5.32 Å². The van der Waals surface area contributed by atoms with E-state index in [1.54, 1.807) is 35.1 Å². The third kappa shape index (κ3) is 4.07. The summed E-state index contributed by atoms with van der Waals surface area (Å²) in [7, 11) is 0. The van der Waals surface area contributed by atoms with Crippen LogP contribution in [0.25, 0.3) is 10.2 Å². The van der Waals surface area contributed by atoms with Crippen LogP contribution in [0.3, 0.4) is 0 Å². The van der Waals surface area contributed by atoms with E-state index in [0.717, 1.165) is 25.8 Å². The molecular weight excluding hydrogens is 390 g/mol. The van der Waals surface area contributed by atoms with Crippen LogP contribution in [0.15, 0.2) is 42.0 Å². The predicted octanol–water partition coefficient (Wildman–Crippen LogP) is 4.84. The Morgan fingerprint density at radius 3 is 2.86 bits per heavy atom. The number of carbonyl (C=O) groups is 1. The first-order chi connectivity index (χ1) is 13.6. The lowest BCUT2D eigenvalue weighted by molar-refractivity contribution is 0.0980. The fourth-order valence-electron chi connectivity index (χ4n) is 2.92. The number of anilines is 1. The van der Waals surface area contributed by atoms with Crippen molar-refractivity contribution in [1.82, 2.24) is 19.9 Å². The Morgan fingerprint density at radius 1 is 1.21 bits per heavy atom. The van der Waals surface area contributed by atoms with Gasteiger partial charge in [0, 0.05) is 35.5 Å².